The minimum Gasteiger partial charge on any atom is -0.451 e. The lowest BCUT2D eigenvalue weighted by Crippen LogP contribution is -2.35. The molecule has 0 bridgehead atoms. The van der Waals surface area contributed by atoms with Crippen LogP contribution < -0.4 is 15.4 Å². The Labute approximate surface area is 166 Å². The largest absolute Gasteiger partial charge is 0.451 e. The summed E-state index contributed by atoms with van der Waals surface area (Å²) in [5.41, 5.74) is 1.55. The first-order valence-corrected chi connectivity index (χ1v) is 8.64. The van der Waals surface area contributed by atoms with Crippen LogP contribution in [0.25, 0.3) is 0 Å². The van der Waals surface area contributed by atoms with Crippen LogP contribution in [0.3, 0.4) is 0 Å². The molecule has 7 nitrogen and oxygen atoms in total. The SMILES string of the molecule is Cc1cccc(NC(=O)[C@H](C)OC(=O)CNC(=O)c2cccc(OC(F)F)c2)c1. The Morgan fingerprint density at radius 1 is 1.07 bits per heavy atom. The number of halogens is 2. The number of ether oxygens (including phenoxy) is 2. The van der Waals surface area contributed by atoms with E-state index in [1.165, 1.54) is 25.1 Å². The van der Waals surface area contributed by atoms with Crippen LogP contribution in [0.5, 0.6) is 5.75 Å². The molecule has 2 rings (SSSR count). The second kappa shape index (κ2) is 10.2. The molecule has 0 saturated heterocycles. The molecule has 0 fully saturated rings. The van der Waals surface area contributed by atoms with Crippen molar-refractivity contribution < 1.29 is 32.6 Å². The fourth-order valence-corrected chi connectivity index (χ4v) is 2.33. The summed E-state index contributed by atoms with van der Waals surface area (Å²) in [6.07, 6.45) is -1.08. The number of nitrogens with one attached hydrogen (secondary N) is 2. The standard InChI is InChI=1S/C20H20F2N2O5/c1-12-5-3-7-15(9-12)24-18(26)13(2)28-17(25)11-23-19(27)14-6-4-8-16(10-14)29-20(21)22/h3-10,13,20H,11H2,1-2H3,(H,23,27)(H,24,26)/t13-/m0/s1. The smallest absolute Gasteiger partial charge is 0.387 e. The number of amides is 2. The van der Waals surface area contributed by atoms with E-state index in [4.69, 9.17) is 4.74 Å². The van der Waals surface area contributed by atoms with Crippen molar-refractivity contribution in [2.75, 3.05) is 11.9 Å². The van der Waals surface area contributed by atoms with E-state index >= 15 is 0 Å². The third kappa shape index (κ3) is 7.21. The van der Waals surface area contributed by atoms with Gasteiger partial charge in [0, 0.05) is 11.3 Å². The summed E-state index contributed by atoms with van der Waals surface area (Å²) >= 11 is 0. The van der Waals surface area contributed by atoms with E-state index in [-0.39, 0.29) is 11.3 Å². The first-order chi connectivity index (χ1) is 13.7. The Kier molecular flexibility index (Phi) is 7.64. The molecule has 29 heavy (non-hydrogen) atoms. The van der Waals surface area contributed by atoms with Gasteiger partial charge in [-0.25, -0.2) is 0 Å². The Hall–Kier alpha value is -3.49. The van der Waals surface area contributed by atoms with Crippen molar-refractivity contribution in [2.24, 2.45) is 0 Å². The molecular formula is C20H20F2N2O5. The zero-order valence-corrected chi connectivity index (χ0v) is 15.8. The van der Waals surface area contributed by atoms with E-state index in [0.717, 1.165) is 11.6 Å². The van der Waals surface area contributed by atoms with Gasteiger partial charge in [-0.1, -0.05) is 18.2 Å². The predicted octanol–water partition coefficient (Wildman–Crippen LogP) is 2.90. The molecule has 2 aromatic rings. The van der Waals surface area contributed by atoms with Crippen LogP contribution in [-0.4, -0.2) is 37.0 Å². The van der Waals surface area contributed by atoms with Crippen LogP contribution in [0.2, 0.25) is 0 Å². The molecule has 0 spiro atoms. The van der Waals surface area contributed by atoms with E-state index in [2.05, 4.69) is 15.4 Å². The average molecular weight is 406 g/mol. The van der Waals surface area contributed by atoms with Gasteiger partial charge in [0.2, 0.25) is 0 Å². The lowest BCUT2D eigenvalue weighted by atomic mass is 10.2. The Balaban J connectivity index is 1.82. The molecular weight excluding hydrogens is 386 g/mol. The van der Waals surface area contributed by atoms with Crippen LogP contribution in [0.1, 0.15) is 22.8 Å². The third-order valence-electron chi connectivity index (χ3n) is 3.68. The minimum atomic E-state index is -3.02. The van der Waals surface area contributed by atoms with Gasteiger partial charge in [-0.3, -0.25) is 14.4 Å². The topological polar surface area (TPSA) is 93.7 Å². The first-order valence-electron chi connectivity index (χ1n) is 8.64. The highest BCUT2D eigenvalue weighted by Gasteiger charge is 2.19. The van der Waals surface area contributed by atoms with Crippen molar-refractivity contribution in [2.45, 2.75) is 26.6 Å². The summed E-state index contributed by atoms with van der Waals surface area (Å²) in [6.45, 7) is -0.246. The van der Waals surface area contributed by atoms with Crippen molar-refractivity contribution in [3.05, 3.63) is 59.7 Å². The van der Waals surface area contributed by atoms with Crippen LogP contribution in [0, 0.1) is 6.92 Å². The summed E-state index contributed by atoms with van der Waals surface area (Å²) < 4.78 is 33.7. The van der Waals surface area contributed by atoms with Crippen LogP contribution in [0.15, 0.2) is 48.5 Å². The maximum absolute atomic E-state index is 12.2. The van der Waals surface area contributed by atoms with Gasteiger partial charge in [0.1, 0.15) is 12.3 Å². The summed E-state index contributed by atoms with van der Waals surface area (Å²) in [5.74, 6) is -2.22. The number of alkyl halides is 2. The molecule has 1 atom stereocenters. The average Bonchev–Trinajstić information content (AvgIpc) is 2.65. The van der Waals surface area contributed by atoms with Gasteiger partial charge in [0.15, 0.2) is 6.10 Å². The molecule has 0 aliphatic carbocycles. The van der Waals surface area contributed by atoms with Crippen molar-refractivity contribution in [3.8, 4) is 5.75 Å². The maximum Gasteiger partial charge on any atom is 0.387 e. The summed E-state index contributed by atoms with van der Waals surface area (Å²) in [7, 11) is 0. The van der Waals surface area contributed by atoms with Gasteiger partial charge in [0.05, 0.1) is 0 Å². The quantitative estimate of drug-likeness (QED) is 0.658. The number of anilines is 1. The zero-order valence-electron chi connectivity index (χ0n) is 15.8. The van der Waals surface area contributed by atoms with Crippen LogP contribution in [-0.2, 0) is 14.3 Å². The van der Waals surface area contributed by atoms with Crippen molar-refractivity contribution in [1.29, 1.82) is 0 Å². The summed E-state index contributed by atoms with van der Waals surface area (Å²) in [4.78, 5) is 36.0. The van der Waals surface area contributed by atoms with Crippen molar-refractivity contribution >= 4 is 23.5 Å². The summed E-state index contributed by atoms with van der Waals surface area (Å²) in [6, 6.07) is 12.2. The van der Waals surface area contributed by atoms with Crippen molar-refractivity contribution in [1.82, 2.24) is 5.32 Å². The molecule has 2 aromatic carbocycles. The normalized spacial score (nSPS) is 11.5. The highest BCUT2D eigenvalue weighted by molar-refractivity contribution is 5.97. The molecule has 0 unspecified atom stereocenters. The van der Waals surface area contributed by atoms with Crippen LogP contribution >= 0.6 is 0 Å². The number of hydrogen-bond acceptors (Lipinski definition) is 5. The molecule has 0 saturated carbocycles. The molecule has 9 heteroatoms. The highest BCUT2D eigenvalue weighted by Crippen LogP contribution is 2.16. The highest BCUT2D eigenvalue weighted by atomic mass is 19.3. The Bertz CT molecular complexity index is 889. The number of esters is 1. The van der Waals surface area contributed by atoms with Gasteiger partial charge in [0.25, 0.3) is 11.8 Å². The Morgan fingerprint density at radius 2 is 1.79 bits per heavy atom. The maximum atomic E-state index is 12.2. The molecule has 2 amide bonds. The van der Waals surface area contributed by atoms with Gasteiger partial charge < -0.3 is 20.1 Å². The third-order valence-corrected chi connectivity index (χ3v) is 3.68. The second-order valence-electron chi connectivity index (χ2n) is 6.08. The van der Waals surface area contributed by atoms with E-state index < -0.39 is 37.0 Å². The molecule has 0 aliphatic heterocycles. The fourth-order valence-electron chi connectivity index (χ4n) is 2.33. The summed E-state index contributed by atoms with van der Waals surface area (Å²) in [5, 5.41) is 4.91. The molecule has 154 valence electrons. The minimum absolute atomic E-state index is 0.0289. The second-order valence-corrected chi connectivity index (χ2v) is 6.08. The van der Waals surface area contributed by atoms with Crippen molar-refractivity contribution in [3.63, 3.8) is 0 Å². The number of carbonyl (C=O) groups is 3. The fraction of sp³-hybridized carbons (Fsp3) is 0.250. The van der Waals surface area contributed by atoms with Gasteiger partial charge >= 0.3 is 12.6 Å². The number of hydrogen-bond donors (Lipinski definition) is 2. The van der Waals surface area contributed by atoms with E-state index in [0.29, 0.717) is 5.69 Å². The van der Waals surface area contributed by atoms with Gasteiger partial charge in [-0.2, -0.15) is 8.78 Å². The number of benzene rings is 2. The molecule has 0 radical (unpaired) electrons. The van der Waals surface area contributed by atoms with Gasteiger partial charge in [-0.15, -0.1) is 0 Å². The monoisotopic (exact) mass is 406 g/mol. The Morgan fingerprint density at radius 3 is 2.48 bits per heavy atom. The first kappa shape index (κ1) is 21.8. The lowest BCUT2D eigenvalue weighted by molar-refractivity contribution is -0.152. The van der Waals surface area contributed by atoms with E-state index in [9.17, 15) is 23.2 Å². The molecule has 0 aliphatic rings. The molecule has 0 aromatic heterocycles. The molecule has 0 heterocycles. The zero-order chi connectivity index (χ0) is 21.4. The predicted molar refractivity (Wildman–Crippen MR) is 101 cm³/mol. The van der Waals surface area contributed by atoms with Crippen LogP contribution in [0.4, 0.5) is 14.5 Å². The van der Waals surface area contributed by atoms with Gasteiger partial charge in [-0.05, 0) is 49.7 Å². The lowest BCUT2D eigenvalue weighted by Gasteiger charge is -2.14. The number of aryl methyl sites for hydroxylation is 1. The van der Waals surface area contributed by atoms with E-state index in [1.54, 1.807) is 18.2 Å². The number of carbonyl (C=O) groups excluding carboxylic acids is 3. The molecule has 2 N–H and O–H groups in total. The van der Waals surface area contributed by atoms with E-state index in [1.807, 2.05) is 13.0 Å². The number of rotatable bonds is 8.